The highest BCUT2D eigenvalue weighted by Crippen LogP contribution is 2.20. The lowest BCUT2D eigenvalue weighted by Gasteiger charge is -2.07. The number of unbranched alkanes of at least 4 members (excludes halogenated alkanes) is 2. The van der Waals surface area contributed by atoms with Crippen LogP contribution < -0.4 is 16.2 Å². The first kappa shape index (κ1) is 19.3. The molecule has 0 spiro atoms. The van der Waals surface area contributed by atoms with Gasteiger partial charge in [-0.15, -0.1) is 11.3 Å². The van der Waals surface area contributed by atoms with Gasteiger partial charge in [0.1, 0.15) is 4.83 Å². The van der Waals surface area contributed by atoms with Crippen LogP contribution in [0.25, 0.3) is 10.2 Å². The Labute approximate surface area is 162 Å². The number of nitrogens with zero attached hydrogens (tertiary/aromatic N) is 1. The number of carbonyl (C=O) groups is 1. The van der Waals surface area contributed by atoms with E-state index in [4.69, 9.17) is 0 Å². The summed E-state index contributed by atoms with van der Waals surface area (Å²) in [6, 6.07) is 8.18. The van der Waals surface area contributed by atoms with Crippen molar-refractivity contribution in [2.45, 2.75) is 39.3 Å². The molecule has 2 aromatic heterocycles. The predicted molar refractivity (Wildman–Crippen MR) is 109 cm³/mol. The van der Waals surface area contributed by atoms with E-state index < -0.39 is 0 Å². The summed E-state index contributed by atoms with van der Waals surface area (Å²) < 4.78 is 0. The van der Waals surface area contributed by atoms with Crippen molar-refractivity contribution in [3.8, 4) is 0 Å². The Morgan fingerprint density at radius 2 is 1.89 bits per heavy atom. The summed E-state index contributed by atoms with van der Waals surface area (Å²) in [4.78, 5) is 31.6. The van der Waals surface area contributed by atoms with E-state index in [1.165, 1.54) is 42.5 Å². The van der Waals surface area contributed by atoms with E-state index in [-0.39, 0.29) is 11.5 Å². The first-order chi connectivity index (χ1) is 13.2. The van der Waals surface area contributed by atoms with Gasteiger partial charge in [-0.1, -0.05) is 44.0 Å². The maximum atomic E-state index is 12.4. The third-order valence-corrected chi connectivity index (χ3v) is 5.27. The molecule has 0 aliphatic rings. The third-order valence-electron chi connectivity index (χ3n) is 4.38. The number of aromatic amines is 1. The molecule has 0 aliphatic heterocycles. The minimum atomic E-state index is -0.290. The van der Waals surface area contributed by atoms with Gasteiger partial charge in [0.2, 0.25) is 0 Å². The molecule has 0 fully saturated rings. The van der Waals surface area contributed by atoms with Gasteiger partial charge in [0.05, 0.1) is 17.3 Å². The fraction of sp³-hybridized carbons (Fsp3) is 0.350. The van der Waals surface area contributed by atoms with Gasteiger partial charge in [-0.2, -0.15) is 0 Å². The zero-order valence-electron chi connectivity index (χ0n) is 15.4. The Morgan fingerprint density at radius 1 is 1.15 bits per heavy atom. The monoisotopic (exact) mass is 384 g/mol. The number of nitrogens with one attached hydrogen (secondary N) is 3. The number of rotatable bonds is 9. The minimum absolute atomic E-state index is 0.263. The van der Waals surface area contributed by atoms with E-state index in [0.717, 1.165) is 18.7 Å². The van der Waals surface area contributed by atoms with E-state index in [2.05, 4.69) is 39.7 Å². The van der Waals surface area contributed by atoms with Crippen LogP contribution in [0.4, 0.5) is 0 Å². The highest BCUT2D eigenvalue weighted by atomic mass is 32.1. The van der Waals surface area contributed by atoms with Crippen molar-refractivity contribution in [3.63, 3.8) is 0 Å². The lowest BCUT2D eigenvalue weighted by atomic mass is 10.1. The van der Waals surface area contributed by atoms with E-state index in [1.807, 2.05) is 12.1 Å². The summed E-state index contributed by atoms with van der Waals surface area (Å²) in [5, 5.41) is 8.35. The molecular weight excluding hydrogens is 360 g/mol. The van der Waals surface area contributed by atoms with Crippen LogP contribution >= 0.6 is 11.3 Å². The molecule has 142 valence electrons. The largest absolute Gasteiger partial charge is 0.348 e. The molecule has 7 heteroatoms. The molecule has 6 nitrogen and oxygen atoms in total. The molecule has 2 heterocycles. The SMILES string of the molecule is CCCCCNCc1ccc(CNC(=O)c2csc3nc[nH]c(=O)c23)cc1. The van der Waals surface area contributed by atoms with Crippen LogP contribution in [-0.4, -0.2) is 22.4 Å². The molecule has 3 N–H and O–H groups in total. The molecular formula is C20H24N4O2S. The van der Waals surface area contributed by atoms with Crippen molar-refractivity contribution < 1.29 is 4.79 Å². The van der Waals surface area contributed by atoms with Crippen LogP contribution in [-0.2, 0) is 13.1 Å². The molecule has 0 saturated carbocycles. The van der Waals surface area contributed by atoms with E-state index in [0.29, 0.717) is 22.3 Å². The maximum Gasteiger partial charge on any atom is 0.260 e. The van der Waals surface area contributed by atoms with Crippen LogP contribution in [0.5, 0.6) is 0 Å². The number of thiophene rings is 1. The Balaban J connectivity index is 1.53. The number of hydrogen-bond acceptors (Lipinski definition) is 5. The first-order valence-electron chi connectivity index (χ1n) is 9.20. The second-order valence-electron chi connectivity index (χ2n) is 6.44. The molecule has 0 aliphatic carbocycles. The molecule has 3 aromatic rings. The average Bonchev–Trinajstić information content (AvgIpc) is 3.12. The van der Waals surface area contributed by atoms with Crippen LogP contribution in [0.15, 0.2) is 40.8 Å². The van der Waals surface area contributed by atoms with Gasteiger partial charge in [0.15, 0.2) is 0 Å². The second kappa shape index (κ2) is 9.43. The van der Waals surface area contributed by atoms with Gasteiger partial charge in [-0.25, -0.2) is 4.98 Å². The number of aromatic nitrogens is 2. The van der Waals surface area contributed by atoms with Gasteiger partial charge >= 0.3 is 0 Å². The number of amides is 1. The van der Waals surface area contributed by atoms with Crippen LogP contribution in [0.1, 0.15) is 47.7 Å². The zero-order valence-corrected chi connectivity index (χ0v) is 16.2. The number of hydrogen-bond donors (Lipinski definition) is 3. The molecule has 0 saturated heterocycles. The summed E-state index contributed by atoms with van der Waals surface area (Å²) in [6.07, 6.45) is 5.04. The second-order valence-corrected chi connectivity index (χ2v) is 7.30. The van der Waals surface area contributed by atoms with Gasteiger partial charge in [-0.05, 0) is 24.1 Å². The lowest BCUT2D eigenvalue weighted by Crippen LogP contribution is -2.24. The zero-order chi connectivity index (χ0) is 19.1. The average molecular weight is 385 g/mol. The molecule has 1 aromatic carbocycles. The Morgan fingerprint density at radius 3 is 2.63 bits per heavy atom. The maximum absolute atomic E-state index is 12.4. The highest BCUT2D eigenvalue weighted by Gasteiger charge is 2.15. The van der Waals surface area contributed by atoms with Crippen LogP contribution in [0.2, 0.25) is 0 Å². The molecule has 0 bridgehead atoms. The van der Waals surface area contributed by atoms with Crippen molar-refractivity contribution in [2.75, 3.05) is 6.54 Å². The quantitative estimate of drug-likeness (QED) is 0.495. The van der Waals surface area contributed by atoms with Gasteiger partial charge in [0, 0.05) is 18.5 Å². The first-order valence-corrected chi connectivity index (χ1v) is 10.1. The molecule has 0 radical (unpaired) electrons. The summed E-state index contributed by atoms with van der Waals surface area (Å²) >= 11 is 1.29. The Kier molecular flexibility index (Phi) is 6.73. The minimum Gasteiger partial charge on any atom is -0.348 e. The molecule has 0 atom stereocenters. The van der Waals surface area contributed by atoms with Gasteiger partial charge in [-0.3, -0.25) is 9.59 Å². The van der Waals surface area contributed by atoms with Crippen molar-refractivity contribution >= 4 is 27.5 Å². The van der Waals surface area contributed by atoms with Crippen LogP contribution in [0, 0.1) is 0 Å². The smallest absolute Gasteiger partial charge is 0.260 e. The lowest BCUT2D eigenvalue weighted by molar-refractivity contribution is 0.0953. The van der Waals surface area contributed by atoms with Gasteiger partial charge in [0.25, 0.3) is 11.5 Å². The van der Waals surface area contributed by atoms with Gasteiger partial charge < -0.3 is 15.6 Å². The van der Waals surface area contributed by atoms with Crippen molar-refractivity contribution in [3.05, 3.63) is 63.0 Å². The Bertz CT molecular complexity index is 947. The van der Waals surface area contributed by atoms with E-state index in [1.54, 1.807) is 5.38 Å². The molecule has 0 unspecified atom stereocenters. The number of benzene rings is 1. The summed E-state index contributed by atoms with van der Waals surface area (Å²) in [5.74, 6) is -0.263. The normalized spacial score (nSPS) is 11.0. The predicted octanol–water partition coefficient (Wildman–Crippen LogP) is 3.19. The molecule has 1 amide bonds. The summed E-state index contributed by atoms with van der Waals surface area (Å²) in [6.45, 7) is 4.51. The van der Waals surface area contributed by atoms with Crippen molar-refractivity contribution in [2.24, 2.45) is 0 Å². The third kappa shape index (κ3) is 5.02. The topological polar surface area (TPSA) is 86.9 Å². The molecule has 3 rings (SSSR count). The number of H-pyrrole nitrogens is 1. The standard InChI is InChI=1S/C20H24N4O2S/c1-2-3-4-9-21-10-14-5-7-15(8-6-14)11-22-18(25)16-12-27-20-17(16)19(26)23-13-24-20/h5-8,12-13,21H,2-4,9-11H2,1H3,(H,22,25)(H,23,24,26). The van der Waals surface area contributed by atoms with E-state index in [9.17, 15) is 9.59 Å². The number of carbonyl (C=O) groups excluding carboxylic acids is 1. The fourth-order valence-electron chi connectivity index (χ4n) is 2.84. The van der Waals surface area contributed by atoms with E-state index >= 15 is 0 Å². The van der Waals surface area contributed by atoms with Crippen molar-refractivity contribution in [1.29, 1.82) is 0 Å². The highest BCUT2D eigenvalue weighted by molar-refractivity contribution is 7.17. The van der Waals surface area contributed by atoms with Crippen LogP contribution in [0.3, 0.4) is 0 Å². The Hall–Kier alpha value is -2.51. The summed E-state index contributed by atoms with van der Waals surface area (Å²) in [5.41, 5.74) is 2.33. The van der Waals surface area contributed by atoms with Crippen molar-refractivity contribution in [1.82, 2.24) is 20.6 Å². The summed E-state index contributed by atoms with van der Waals surface area (Å²) in [7, 11) is 0. The number of fused-ring (bicyclic) bond motifs is 1. The molecule has 27 heavy (non-hydrogen) atoms. The fourth-order valence-corrected chi connectivity index (χ4v) is 3.72.